The molecule has 2 rings (SSSR count). The number of ketones is 1. The Morgan fingerprint density at radius 3 is 2.53 bits per heavy atom. The number of halogens is 1. The molecule has 0 unspecified atom stereocenters. The van der Waals surface area contributed by atoms with Gasteiger partial charge in [-0.05, 0) is 31.2 Å². The number of thiazole rings is 1. The highest BCUT2D eigenvalue weighted by molar-refractivity contribution is 7.13. The van der Waals surface area contributed by atoms with E-state index in [0.29, 0.717) is 10.6 Å². The normalized spacial score (nSPS) is 10.3. The maximum absolute atomic E-state index is 12.6. The zero-order chi connectivity index (χ0) is 10.8. The lowest BCUT2D eigenvalue weighted by molar-refractivity contribution is 0.103. The van der Waals surface area contributed by atoms with E-state index < -0.39 is 0 Å². The lowest BCUT2D eigenvalue weighted by Crippen LogP contribution is -1.99. The van der Waals surface area contributed by atoms with E-state index >= 15 is 0 Å². The van der Waals surface area contributed by atoms with Crippen LogP contribution in [-0.4, -0.2) is 10.8 Å². The van der Waals surface area contributed by atoms with Crippen molar-refractivity contribution in [2.45, 2.75) is 6.92 Å². The summed E-state index contributed by atoms with van der Waals surface area (Å²) in [7, 11) is 0. The molecular weight excluding hydrogens is 213 g/mol. The fraction of sp³-hybridized carbons (Fsp3) is 0.0909. The number of nitrogens with zero attached hydrogens (tertiary/aromatic N) is 1. The molecule has 2 aromatic rings. The summed E-state index contributed by atoms with van der Waals surface area (Å²) in [6.45, 7) is 1.89. The molecule has 0 fully saturated rings. The molecule has 0 saturated heterocycles. The van der Waals surface area contributed by atoms with Gasteiger partial charge in [-0.1, -0.05) is 0 Å². The molecule has 76 valence electrons. The van der Waals surface area contributed by atoms with Crippen molar-refractivity contribution in [2.24, 2.45) is 0 Å². The minimum absolute atomic E-state index is 0.159. The third-order valence-electron chi connectivity index (χ3n) is 1.92. The van der Waals surface area contributed by atoms with Crippen LogP contribution in [0.2, 0.25) is 0 Å². The Hall–Kier alpha value is -1.55. The van der Waals surface area contributed by atoms with E-state index in [0.717, 1.165) is 4.88 Å². The summed E-state index contributed by atoms with van der Waals surface area (Å²) in [5.41, 5.74) is 0.464. The SMILES string of the molecule is Cc1cnc(C(=O)c2ccc(F)cc2)s1. The van der Waals surface area contributed by atoms with Crippen molar-refractivity contribution in [1.82, 2.24) is 4.98 Å². The van der Waals surface area contributed by atoms with Gasteiger partial charge in [0, 0.05) is 16.6 Å². The Labute approximate surface area is 90.4 Å². The van der Waals surface area contributed by atoms with Crippen LogP contribution in [0.4, 0.5) is 4.39 Å². The number of rotatable bonds is 2. The van der Waals surface area contributed by atoms with Gasteiger partial charge in [0.15, 0.2) is 5.01 Å². The van der Waals surface area contributed by atoms with Crippen molar-refractivity contribution < 1.29 is 9.18 Å². The van der Waals surface area contributed by atoms with Gasteiger partial charge in [-0.3, -0.25) is 4.79 Å². The van der Waals surface area contributed by atoms with E-state index in [1.54, 1.807) is 6.20 Å². The summed E-state index contributed by atoms with van der Waals surface area (Å²) < 4.78 is 12.6. The first-order valence-electron chi connectivity index (χ1n) is 4.39. The molecule has 0 saturated carbocycles. The second-order valence-electron chi connectivity index (χ2n) is 3.11. The minimum Gasteiger partial charge on any atom is -0.286 e. The number of aryl methyl sites for hydroxylation is 1. The first-order valence-corrected chi connectivity index (χ1v) is 5.21. The van der Waals surface area contributed by atoms with Gasteiger partial charge in [0.05, 0.1) is 0 Å². The molecule has 0 spiro atoms. The molecule has 0 radical (unpaired) electrons. The quantitative estimate of drug-likeness (QED) is 0.730. The van der Waals surface area contributed by atoms with Gasteiger partial charge in [-0.15, -0.1) is 11.3 Å². The van der Waals surface area contributed by atoms with Crippen LogP contribution in [0.15, 0.2) is 30.5 Å². The summed E-state index contributed by atoms with van der Waals surface area (Å²) in [5.74, 6) is -0.505. The Morgan fingerprint density at radius 1 is 1.33 bits per heavy atom. The molecular formula is C11H8FNOS. The highest BCUT2D eigenvalue weighted by Gasteiger charge is 2.12. The van der Waals surface area contributed by atoms with Crippen molar-refractivity contribution in [3.05, 3.63) is 51.7 Å². The summed E-state index contributed by atoms with van der Waals surface area (Å²) in [6.07, 6.45) is 1.65. The summed E-state index contributed by atoms with van der Waals surface area (Å²) in [6, 6.07) is 5.48. The Balaban J connectivity index is 2.32. The van der Waals surface area contributed by atoms with Gasteiger partial charge in [0.1, 0.15) is 5.82 Å². The molecule has 1 aromatic carbocycles. The number of hydrogen-bond donors (Lipinski definition) is 0. The van der Waals surface area contributed by atoms with E-state index in [9.17, 15) is 9.18 Å². The molecule has 0 atom stereocenters. The van der Waals surface area contributed by atoms with E-state index in [1.165, 1.54) is 35.6 Å². The zero-order valence-corrected chi connectivity index (χ0v) is 8.84. The molecule has 0 aliphatic rings. The van der Waals surface area contributed by atoms with Crippen molar-refractivity contribution in [3.8, 4) is 0 Å². The largest absolute Gasteiger partial charge is 0.286 e. The summed E-state index contributed by atoms with van der Waals surface area (Å²) in [5, 5.41) is 0.444. The lowest BCUT2D eigenvalue weighted by atomic mass is 10.1. The summed E-state index contributed by atoms with van der Waals surface area (Å²) in [4.78, 5) is 16.8. The second kappa shape index (κ2) is 3.90. The Morgan fingerprint density at radius 2 is 2.00 bits per heavy atom. The van der Waals surface area contributed by atoms with Gasteiger partial charge in [0.25, 0.3) is 0 Å². The predicted octanol–water partition coefficient (Wildman–Crippen LogP) is 2.82. The zero-order valence-electron chi connectivity index (χ0n) is 8.03. The van der Waals surface area contributed by atoms with Gasteiger partial charge >= 0.3 is 0 Å². The molecule has 1 heterocycles. The van der Waals surface area contributed by atoms with Crippen LogP contribution in [0, 0.1) is 12.7 Å². The third kappa shape index (κ3) is 2.10. The third-order valence-corrected chi connectivity index (χ3v) is 2.83. The highest BCUT2D eigenvalue weighted by Crippen LogP contribution is 2.16. The van der Waals surface area contributed by atoms with Crippen LogP contribution in [0.1, 0.15) is 20.2 Å². The van der Waals surface area contributed by atoms with Crippen LogP contribution in [0.25, 0.3) is 0 Å². The summed E-state index contributed by atoms with van der Waals surface area (Å²) >= 11 is 1.34. The Bertz CT molecular complexity index is 490. The van der Waals surface area contributed by atoms with Crippen LogP contribution in [-0.2, 0) is 0 Å². The average molecular weight is 221 g/mol. The number of aromatic nitrogens is 1. The number of carbonyl (C=O) groups is 1. The van der Waals surface area contributed by atoms with Gasteiger partial charge in [0.2, 0.25) is 5.78 Å². The van der Waals surface area contributed by atoms with Crippen LogP contribution >= 0.6 is 11.3 Å². The number of benzene rings is 1. The molecule has 15 heavy (non-hydrogen) atoms. The standard InChI is InChI=1S/C11H8FNOS/c1-7-6-13-11(15-7)10(14)8-2-4-9(12)5-3-8/h2-6H,1H3. The predicted molar refractivity (Wildman–Crippen MR) is 56.7 cm³/mol. The van der Waals surface area contributed by atoms with Crippen molar-refractivity contribution in [3.63, 3.8) is 0 Å². The molecule has 4 heteroatoms. The molecule has 0 amide bonds. The minimum atomic E-state index is -0.345. The average Bonchev–Trinajstić information content (AvgIpc) is 2.65. The molecule has 1 aromatic heterocycles. The topological polar surface area (TPSA) is 30.0 Å². The number of carbonyl (C=O) groups excluding carboxylic acids is 1. The lowest BCUT2D eigenvalue weighted by Gasteiger charge is -1.96. The monoisotopic (exact) mass is 221 g/mol. The fourth-order valence-electron chi connectivity index (χ4n) is 1.18. The van der Waals surface area contributed by atoms with Crippen LogP contribution in [0.3, 0.4) is 0 Å². The van der Waals surface area contributed by atoms with Crippen molar-refractivity contribution in [2.75, 3.05) is 0 Å². The fourth-order valence-corrected chi connectivity index (χ4v) is 1.91. The molecule has 0 bridgehead atoms. The number of hydrogen-bond acceptors (Lipinski definition) is 3. The van der Waals surface area contributed by atoms with Gasteiger partial charge in [-0.25, -0.2) is 9.37 Å². The van der Waals surface area contributed by atoms with Crippen molar-refractivity contribution >= 4 is 17.1 Å². The molecule has 0 aliphatic heterocycles. The maximum atomic E-state index is 12.6. The van der Waals surface area contributed by atoms with E-state index in [-0.39, 0.29) is 11.6 Å². The van der Waals surface area contributed by atoms with Crippen LogP contribution < -0.4 is 0 Å². The molecule has 0 N–H and O–H groups in total. The van der Waals surface area contributed by atoms with E-state index in [2.05, 4.69) is 4.98 Å². The second-order valence-corrected chi connectivity index (χ2v) is 4.35. The van der Waals surface area contributed by atoms with Gasteiger partial charge < -0.3 is 0 Å². The first-order chi connectivity index (χ1) is 7.16. The molecule has 2 nitrogen and oxygen atoms in total. The van der Waals surface area contributed by atoms with E-state index in [1.807, 2.05) is 6.92 Å². The van der Waals surface area contributed by atoms with Crippen molar-refractivity contribution in [1.29, 1.82) is 0 Å². The van der Waals surface area contributed by atoms with Gasteiger partial charge in [-0.2, -0.15) is 0 Å². The maximum Gasteiger partial charge on any atom is 0.221 e. The highest BCUT2D eigenvalue weighted by atomic mass is 32.1. The smallest absolute Gasteiger partial charge is 0.221 e. The first kappa shape index (κ1) is 9.98. The van der Waals surface area contributed by atoms with Crippen LogP contribution in [0.5, 0.6) is 0 Å². The molecule has 0 aliphatic carbocycles. The Kier molecular flexibility index (Phi) is 2.60. The van der Waals surface area contributed by atoms with E-state index in [4.69, 9.17) is 0 Å².